The number of benzene rings is 1. The number of hydrogen-bond donors (Lipinski definition) is 1. The van der Waals surface area contributed by atoms with Gasteiger partial charge in [-0.2, -0.15) is 0 Å². The third kappa shape index (κ3) is 3.74. The van der Waals surface area contributed by atoms with Crippen molar-refractivity contribution in [2.75, 3.05) is 0 Å². The number of thiophene rings is 1. The smallest absolute Gasteiger partial charge is 0.345 e. The van der Waals surface area contributed by atoms with Crippen LogP contribution in [0.25, 0.3) is 10.2 Å². The number of aryl methyl sites for hydroxylation is 1. The molecule has 130 valence electrons. The molecule has 0 aliphatic rings. The molecule has 1 aromatic carbocycles. The fraction of sp³-hybridized carbons (Fsp3) is 0.235. The average molecular weight is 472 g/mol. The minimum Gasteiger partial charge on any atom is -0.478 e. The van der Waals surface area contributed by atoms with E-state index in [1.165, 1.54) is 23.7 Å². The summed E-state index contributed by atoms with van der Waals surface area (Å²) in [6.07, 6.45) is 0.868. The Labute approximate surface area is 161 Å². The van der Waals surface area contributed by atoms with E-state index in [1.807, 2.05) is 6.92 Å². The van der Waals surface area contributed by atoms with E-state index < -0.39 is 17.9 Å². The highest BCUT2D eigenvalue weighted by Crippen LogP contribution is 2.36. The van der Waals surface area contributed by atoms with Crippen LogP contribution in [-0.4, -0.2) is 27.1 Å². The molecule has 8 heteroatoms. The second-order valence-electron chi connectivity index (χ2n) is 5.29. The molecule has 0 spiro atoms. The fourth-order valence-corrected chi connectivity index (χ4v) is 4.76. The Kier molecular flexibility index (Phi) is 5.48. The van der Waals surface area contributed by atoms with Crippen molar-refractivity contribution in [2.24, 2.45) is 0 Å². The Hall–Kier alpha value is -1.81. The molecule has 2 aromatic heterocycles. The molecule has 0 aliphatic carbocycles. The number of aliphatic carboxylic acids is 1. The van der Waals surface area contributed by atoms with E-state index in [2.05, 4.69) is 32.6 Å². The number of carboxylic acid groups (broad SMARTS) is 1. The van der Waals surface area contributed by atoms with E-state index in [1.54, 1.807) is 18.2 Å². The molecule has 1 atom stereocenters. The van der Waals surface area contributed by atoms with Gasteiger partial charge in [0.2, 0.25) is 12.0 Å². The molecule has 3 rings (SSSR count). The summed E-state index contributed by atoms with van der Waals surface area (Å²) in [7, 11) is 0. The molecule has 3 aromatic rings. The van der Waals surface area contributed by atoms with Crippen LogP contribution in [0.15, 0.2) is 30.6 Å². The molecule has 0 unspecified atom stereocenters. The molecule has 0 amide bonds. The SMILES string of the molecule is CCc1sc2ncnc(O[C@H](Cc3ccccc3F)C(=O)O)c2c1I. The maximum Gasteiger partial charge on any atom is 0.345 e. The Morgan fingerprint density at radius 2 is 2.16 bits per heavy atom. The van der Waals surface area contributed by atoms with Gasteiger partial charge in [0.05, 0.1) is 5.39 Å². The molecule has 0 aliphatic heterocycles. The maximum absolute atomic E-state index is 13.8. The zero-order chi connectivity index (χ0) is 18.0. The third-order valence-electron chi connectivity index (χ3n) is 3.68. The lowest BCUT2D eigenvalue weighted by Crippen LogP contribution is -2.30. The topological polar surface area (TPSA) is 72.3 Å². The summed E-state index contributed by atoms with van der Waals surface area (Å²) in [6.45, 7) is 2.04. The van der Waals surface area contributed by atoms with Gasteiger partial charge in [0.15, 0.2) is 0 Å². The lowest BCUT2D eigenvalue weighted by atomic mass is 10.1. The monoisotopic (exact) mass is 472 g/mol. The normalized spacial score (nSPS) is 12.3. The third-order valence-corrected chi connectivity index (χ3v) is 6.47. The first-order valence-corrected chi connectivity index (χ1v) is 9.45. The van der Waals surface area contributed by atoms with E-state index >= 15 is 0 Å². The van der Waals surface area contributed by atoms with Gasteiger partial charge in [0.25, 0.3) is 0 Å². The van der Waals surface area contributed by atoms with Gasteiger partial charge in [-0.3, -0.25) is 0 Å². The molecular weight excluding hydrogens is 458 g/mol. The van der Waals surface area contributed by atoms with Crippen LogP contribution in [0.5, 0.6) is 5.88 Å². The van der Waals surface area contributed by atoms with E-state index in [0.717, 1.165) is 19.7 Å². The maximum atomic E-state index is 13.8. The summed E-state index contributed by atoms with van der Waals surface area (Å²) in [4.78, 5) is 21.9. The summed E-state index contributed by atoms with van der Waals surface area (Å²) in [5, 5.41) is 10.2. The fourth-order valence-electron chi connectivity index (χ4n) is 2.41. The second kappa shape index (κ2) is 7.61. The lowest BCUT2D eigenvalue weighted by molar-refractivity contribution is -0.145. The van der Waals surface area contributed by atoms with Crippen molar-refractivity contribution >= 4 is 50.1 Å². The van der Waals surface area contributed by atoms with Crippen LogP contribution in [0.2, 0.25) is 0 Å². The van der Waals surface area contributed by atoms with Crippen LogP contribution in [0.4, 0.5) is 4.39 Å². The van der Waals surface area contributed by atoms with Crippen molar-refractivity contribution < 1.29 is 19.0 Å². The first kappa shape index (κ1) is 18.0. The molecular formula is C17H14FIN2O3S. The van der Waals surface area contributed by atoms with Crippen LogP contribution in [0, 0.1) is 9.39 Å². The van der Waals surface area contributed by atoms with Gasteiger partial charge >= 0.3 is 5.97 Å². The molecule has 25 heavy (non-hydrogen) atoms. The van der Waals surface area contributed by atoms with Crippen LogP contribution >= 0.6 is 33.9 Å². The van der Waals surface area contributed by atoms with Gasteiger partial charge in [-0.1, -0.05) is 25.1 Å². The molecule has 1 N–H and O–H groups in total. The van der Waals surface area contributed by atoms with Gasteiger partial charge in [-0.05, 0) is 40.6 Å². The Morgan fingerprint density at radius 1 is 1.40 bits per heavy atom. The van der Waals surface area contributed by atoms with Crippen LogP contribution in [0.1, 0.15) is 17.4 Å². The van der Waals surface area contributed by atoms with Crippen molar-refractivity contribution in [3.8, 4) is 5.88 Å². The Bertz CT molecular complexity index is 931. The lowest BCUT2D eigenvalue weighted by Gasteiger charge is -2.15. The number of nitrogens with zero attached hydrogens (tertiary/aromatic N) is 2. The van der Waals surface area contributed by atoms with Crippen molar-refractivity contribution in [2.45, 2.75) is 25.9 Å². The molecule has 2 heterocycles. The van der Waals surface area contributed by atoms with Gasteiger partial charge in [0, 0.05) is 14.9 Å². The first-order valence-electron chi connectivity index (χ1n) is 7.56. The number of hydrogen-bond acceptors (Lipinski definition) is 5. The molecule has 0 fully saturated rings. The van der Waals surface area contributed by atoms with Crippen molar-refractivity contribution in [1.29, 1.82) is 0 Å². The van der Waals surface area contributed by atoms with Gasteiger partial charge in [-0.15, -0.1) is 11.3 Å². The van der Waals surface area contributed by atoms with Gasteiger partial charge < -0.3 is 9.84 Å². The summed E-state index contributed by atoms with van der Waals surface area (Å²) in [5.74, 6) is -1.41. The minimum atomic E-state index is -1.24. The highest BCUT2D eigenvalue weighted by molar-refractivity contribution is 14.1. The summed E-state index contributed by atoms with van der Waals surface area (Å²) < 4.78 is 20.5. The number of rotatable bonds is 6. The zero-order valence-corrected chi connectivity index (χ0v) is 16.2. The van der Waals surface area contributed by atoms with E-state index in [9.17, 15) is 14.3 Å². The van der Waals surface area contributed by atoms with Crippen molar-refractivity contribution in [1.82, 2.24) is 9.97 Å². The predicted octanol–water partition coefficient (Wildman–Crippen LogP) is 4.07. The highest BCUT2D eigenvalue weighted by atomic mass is 127. The second-order valence-corrected chi connectivity index (χ2v) is 7.45. The summed E-state index contributed by atoms with van der Waals surface area (Å²) >= 11 is 3.73. The number of halogens is 2. The number of fused-ring (bicyclic) bond motifs is 1. The Morgan fingerprint density at radius 3 is 2.84 bits per heavy atom. The number of aromatic nitrogens is 2. The number of ether oxygens (including phenoxy) is 1. The van der Waals surface area contributed by atoms with Crippen LogP contribution in [-0.2, 0) is 17.6 Å². The first-order chi connectivity index (χ1) is 12.0. The van der Waals surface area contributed by atoms with E-state index in [4.69, 9.17) is 4.74 Å². The molecule has 0 saturated carbocycles. The van der Waals surface area contributed by atoms with Gasteiger partial charge in [-0.25, -0.2) is 19.2 Å². The zero-order valence-electron chi connectivity index (χ0n) is 13.2. The quantitative estimate of drug-likeness (QED) is 0.548. The average Bonchev–Trinajstić information content (AvgIpc) is 2.93. The molecule has 5 nitrogen and oxygen atoms in total. The highest BCUT2D eigenvalue weighted by Gasteiger charge is 2.25. The molecule has 0 saturated heterocycles. The number of carbonyl (C=O) groups is 1. The van der Waals surface area contributed by atoms with E-state index in [0.29, 0.717) is 5.39 Å². The van der Waals surface area contributed by atoms with Crippen LogP contribution in [0.3, 0.4) is 0 Å². The van der Waals surface area contributed by atoms with E-state index in [-0.39, 0.29) is 17.9 Å². The predicted molar refractivity (Wildman–Crippen MR) is 102 cm³/mol. The summed E-state index contributed by atoms with van der Waals surface area (Å²) in [5.41, 5.74) is 0.287. The minimum absolute atomic E-state index is 0.0884. The number of carboxylic acids is 1. The summed E-state index contributed by atoms with van der Waals surface area (Å²) in [6, 6.07) is 6.07. The van der Waals surface area contributed by atoms with Crippen LogP contribution < -0.4 is 4.74 Å². The molecule has 0 bridgehead atoms. The van der Waals surface area contributed by atoms with Crippen molar-refractivity contribution in [3.05, 3.63) is 50.4 Å². The molecule has 0 radical (unpaired) electrons. The van der Waals surface area contributed by atoms with Crippen molar-refractivity contribution in [3.63, 3.8) is 0 Å². The Balaban J connectivity index is 1.96. The van der Waals surface area contributed by atoms with Gasteiger partial charge in [0.1, 0.15) is 17.0 Å². The largest absolute Gasteiger partial charge is 0.478 e. The standard InChI is InChI=1S/C17H14FIN2O3S/c1-2-12-14(19)13-15(20-8-21-16(13)25-12)24-11(17(22)23)7-9-5-3-4-6-10(9)18/h3-6,8,11H,2,7H2,1H3,(H,22,23)/t11-/m1/s1.